The van der Waals surface area contributed by atoms with Crippen LogP contribution >= 0.6 is 0 Å². The maximum atomic E-state index is 11.9. The summed E-state index contributed by atoms with van der Waals surface area (Å²) in [7, 11) is 1.95. The van der Waals surface area contributed by atoms with Crippen LogP contribution in [0.25, 0.3) is 11.0 Å². The molecule has 2 aromatic carbocycles. The van der Waals surface area contributed by atoms with E-state index in [1.807, 2.05) is 60.1 Å². The number of aryl methyl sites for hydroxylation is 1. The fourth-order valence-electron chi connectivity index (χ4n) is 2.31. The number of nitrogens with zero attached hydrogens (tertiary/aromatic N) is 2. The van der Waals surface area contributed by atoms with Gasteiger partial charge in [0.2, 0.25) is 0 Å². The second-order valence-corrected chi connectivity index (χ2v) is 4.81. The molecule has 0 bridgehead atoms. The van der Waals surface area contributed by atoms with E-state index in [1.165, 1.54) is 0 Å². The highest BCUT2D eigenvalue weighted by Gasteiger charge is 2.07. The number of anilines is 1. The van der Waals surface area contributed by atoms with E-state index in [0.717, 1.165) is 22.3 Å². The Labute approximate surface area is 122 Å². The van der Waals surface area contributed by atoms with Crippen LogP contribution in [0.4, 0.5) is 10.5 Å². The second-order valence-electron chi connectivity index (χ2n) is 4.81. The minimum Gasteiger partial charge on any atom is -0.334 e. The van der Waals surface area contributed by atoms with Crippen LogP contribution in [-0.4, -0.2) is 15.6 Å². The van der Waals surface area contributed by atoms with Gasteiger partial charge in [-0.1, -0.05) is 30.3 Å². The van der Waals surface area contributed by atoms with Gasteiger partial charge in [-0.15, -0.1) is 0 Å². The predicted octanol–water partition coefficient (Wildman–Crippen LogP) is 2.90. The minimum atomic E-state index is -0.222. The second kappa shape index (κ2) is 5.66. The van der Waals surface area contributed by atoms with Gasteiger partial charge in [-0.3, -0.25) is 0 Å². The molecule has 0 atom stereocenters. The Morgan fingerprint density at radius 1 is 1.14 bits per heavy atom. The van der Waals surface area contributed by atoms with E-state index in [1.54, 1.807) is 6.33 Å². The Kier molecular flexibility index (Phi) is 3.55. The molecule has 5 nitrogen and oxygen atoms in total. The summed E-state index contributed by atoms with van der Waals surface area (Å²) in [4.78, 5) is 16.2. The van der Waals surface area contributed by atoms with E-state index < -0.39 is 0 Å². The summed E-state index contributed by atoms with van der Waals surface area (Å²) in [6.07, 6.45) is 1.78. The van der Waals surface area contributed by atoms with Crippen molar-refractivity contribution < 1.29 is 4.79 Å². The number of carbonyl (C=O) groups is 1. The van der Waals surface area contributed by atoms with E-state index in [0.29, 0.717) is 6.54 Å². The minimum absolute atomic E-state index is 0.222. The summed E-state index contributed by atoms with van der Waals surface area (Å²) in [5, 5.41) is 5.66. The topological polar surface area (TPSA) is 59.0 Å². The average molecular weight is 280 g/mol. The van der Waals surface area contributed by atoms with Gasteiger partial charge in [0.15, 0.2) is 0 Å². The average Bonchev–Trinajstić information content (AvgIpc) is 2.88. The normalized spacial score (nSPS) is 10.5. The van der Waals surface area contributed by atoms with Gasteiger partial charge in [-0.2, -0.15) is 0 Å². The summed E-state index contributed by atoms with van der Waals surface area (Å²) in [5.74, 6) is 0. The van der Waals surface area contributed by atoms with Crippen molar-refractivity contribution in [2.75, 3.05) is 5.32 Å². The van der Waals surface area contributed by atoms with Crippen LogP contribution < -0.4 is 10.6 Å². The molecule has 5 heteroatoms. The van der Waals surface area contributed by atoms with Gasteiger partial charge in [-0.05, 0) is 23.8 Å². The Bertz CT molecular complexity index is 764. The molecule has 0 unspecified atom stereocenters. The van der Waals surface area contributed by atoms with Crippen LogP contribution in [0.15, 0.2) is 54.9 Å². The fraction of sp³-hybridized carbons (Fsp3) is 0.125. The fourth-order valence-corrected chi connectivity index (χ4v) is 2.31. The zero-order valence-corrected chi connectivity index (χ0v) is 11.7. The number of para-hydroxylation sites is 2. The molecule has 1 heterocycles. The third-order valence-corrected chi connectivity index (χ3v) is 3.29. The quantitative estimate of drug-likeness (QED) is 0.775. The number of carbonyl (C=O) groups excluding carboxylic acids is 1. The van der Waals surface area contributed by atoms with Crippen molar-refractivity contribution in [1.29, 1.82) is 0 Å². The summed E-state index contributed by atoms with van der Waals surface area (Å²) in [5.41, 5.74) is 3.78. The molecule has 0 spiro atoms. The third kappa shape index (κ3) is 2.86. The number of rotatable bonds is 3. The lowest BCUT2D eigenvalue weighted by molar-refractivity contribution is 0.252. The molecule has 0 aliphatic rings. The SMILES string of the molecule is Cn1cnc2cccc(CNC(=O)Nc3ccccc3)c21. The Morgan fingerprint density at radius 3 is 2.76 bits per heavy atom. The highest BCUT2D eigenvalue weighted by Crippen LogP contribution is 2.16. The molecule has 2 N–H and O–H groups in total. The molecule has 0 saturated heterocycles. The first kappa shape index (κ1) is 13.2. The van der Waals surface area contributed by atoms with Crippen molar-refractivity contribution in [3.8, 4) is 0 Å². The Balaban J connectivity index is 1.69. The maximum absolute atomic E-state index is 11.9. The van der Waals surface area contributed by atoms with Gasteiger partial charge < -0.3 is 15.2 Å². The summed E-state index contributed by atoms with van der Waals surface area (Å²) in [6.45, 7) is 0.454. The molecule has 0 aliphatic carbocycles. The Hall–Kier alpha value is -2.82. The van der Waals surface area contributed by atoms with E-state index in [2.05, 4.69) is 15.6 Å². The lowest BCUT2D eigenvalue weighted by Crippen LogP contribution is -2.28. The van der Waals surface area contributed by atoms with Crippen LogP contribution in [0.5, 0.6) is 0 Å². The summed E-state index contributed by atoms with van der Waals surface area (Å²) in [6, 6.07) is 15.0. The zero-order valence-electron chi connectivity index (χ0n) is 11.7. The molecule has 21 heavy (non-hydrogen) atoms. The highest BCUT2D eigenvalue weighted by molar-refractivity contribution is 5.89. The molecule has 3 rings (SSSR count). The van der Waals surface area contributed by atoms with Gasteiger partial charge in [0.05, 0.1) is 17.4 Å². The smallest absolute Gasteiger partial charge is 0.319 e. The van der Waals surface area contributed by atoms with Crippen LogP contribution in [0.2, 0.25) is 0 Å². The number of nitrogens with one attached hydrogen (secondary N) is 2. The molecule has 0 fully saturated rings. The monoisotopic (exact) mass is 280 g/mol. The number of hydrogen-bond acceptors (Lipinski definition) is 2. The van der Waals surface area contributed by atoms with E-state index in [4.69, 9.17) is 0 Å². The maximum Gasteiger partial charge on any atom is 0.319 e. The van der Waals surface area contributed by atoms with Gasteiger partial charge in [0.1, 0.15) is 0 Å². The first-order chi connectivity index (χ1) is 10.2. The summed E-state index contributed by atoms with van der Waals surface area (Å²) >= 11 is 0. The number of benzene rings is 2. The van der Waals surface area contributed by atoms with Crippen molar-refractivity contribution in [2.45, 2.75) is 6.54 Å². The molecule has 1 aromatic heterocycles. The molecular weight excluding hydrogens is 264 g/mol. The van der Waals surface area contributed by atoms with Crippen LogP contribution in [-0.2, 0) is 13.6 Å². The van der Waals surface area contributed by atoms with Gasteiger partial charge in [-0.25, -0.2) is 9.78 Å². The van der Waals surface area contributed by atoms with Crippen molar-refractivity contribution in [3.63, 3.8) is 0 Å². The molecular formula is C16H16N4O. The zero-order chi connectivity index (χ0) is 14.7. The van der Waals surface area contributed by atoms with Crippen molar-refractivity contribution in [2.24, 2.45) is 7.05 Å². The highest BCUT2D eigenvalue weighted by atomic mass is 16.2. The van der Waals surface area contributed by atoms with Gasteiger partial charge in [0.25, 0.3) is 0 Å². The summed E-state index contributed by atoms with van der Waals surface area (Å²) < 4.78 is 1.96. The number of hydrogen-bond donors (Lipinski definition) is 2. The van der Waals surface area contributed by atoms with Crippen LogP contribution in [0, 0.1) is 0 Å². The molecule has 0 aliphatic heterocycles. The molecule has 106 valence electrons. The molecule has 0 radical (unpaired) electrons. The first-order valence-electron chi connectivity index (χ1n) is 6.73. The van der Waals surface area contributed by atoms with Gasteiger partial charge >= 0.3 is 6.03 Å². The first-order valence-corrected chi connectivity index (χ1v) is 6.73. The number of imidazole rings is 1. The van der Waals surface area contributed by atoms with Crippen molar-refractivity contribution in [3.05, 3.63) is 60.4 Å². The van der Waals surface area contributed by atoms with Crippen LogP contribution in [0.1, 0.15) is 5.56 Å². The number of fused-ring (bicyclic) bond motifs is 1. The molecule has 2 amide bonds. The van der Waals surface area contributed by atoms with Crippen molar-refractivity contribution in [1.82, 2.24) is 14.9 Å². The predicted molar refractivity (Wildman–Crippen MR) is 83.0 cm³/mol. The van der Waals surface area contributed by atoms with E-state index >= 15 is 0 Å². The van der Waals surface area contributed by atoms with Gasteiger partial charge in [0, 0.05) is 19.3 Å². The lowest BCUT2D eigenvalue weighted by atomic mass is 10.2. The van der Waals surface area contributed by atoms with E-state index in [9.17, 15) is 4.79 Å². The Morgan fingerprint density at radius 2 is 1.95 bits per heavy atom. The number of aromatic nitrogens is 2. The standard InChI is InChI=1S/C16H16N4O/c1-20-11-18-14-9-5-6-12(15(14)20)10-17-16(21)19-13-7-3-2-4-8-13/h2-9,11H,10H2,1H3,(H2,17,19,21). The largest absolute Gasteiger partial charge is 0.334 e. The molecule has 0 saturated carbocycles. The third-order valence-electron chi connectivity index (χ3n) is 3.29. The number of amides is 2. The van der Waals surface area contributed by atoms with E-state index in [-0.39, 0.29) is 6.03 Å². The van der Waals surface area contributed by atoms with Crippen molar-refractivity contribution >= 4 is 22.8 Å². The number of urea groups is 1. The lowest BCUT2D eigenvalue weighted by Gasteiger charge is -2.09. The van der Waals surface area contributed by atoms with Crippen LogP contribution in [0.3, 0.4) is 0 Å². The molecule has 3 aromatic rings.